The molecule has 5 heteroatoms. The lowest BCUT2D eigenvalue weighted by molar-refractivity contribution is 0.0600. The zero-order valence-corrected chi connectivity index (χ0v) is 7.95. The molecule has 0 bridgehead atoms. The maximum absolute atomic E-state index is 12.3. The van der Waals surface area contributed by atoms with Crippen molar-refractivity contribution in [3.63, 3.8) is 0 Å². The molecular weight excluding hydrogens is 198 g/mol. The van der Waals surface area contributed by atoms with E-state index in [4.69, 9.17) is 0 Å². The van der Waals surface area contributed by atoms with Crippen LogP contribution in [0.5, 0.6) is 0 Å². The van der Waals surface area contributed by atoms with Crippen molar-refractivity contribution in [1.82, 2.24) is 0 Å². The average Bonchev–Trinajstić information content (AvgIpc) is 2.46. The Morgan fingerprint density at radius 3 is 2.62 bits per heavy atom. The van der Waals surface area contributed by atoms with Gasteiger partial charge in [0, 0.05) is 5.38 Å². The first kappa shape index (κ1) is 10.1. The summed E-state index contributed by atoms with van der Waals surface area (Å²) in [7, 11) is 1.22. The second-order valence-electron chi connectivity index (χ2n) is 2.43. The van der Waals surface area contributed by atoms with Crippen molar-refractivity contribution in [3.8, 4) is 0 Å². The normalized spacial score (nSPS) is 10.5. The Morgan fingerprint density at radius 1 is 1.62 bits per heavy atom. The van der Waals surface area contributed by atoms with E-state index in [-0.39, 0.29) is 10.4 Å². The quantitative estimate of drug-likeness (QED) is 0.695. The van der Waals surface area contributed by atoms with Gasteiger partial charge in [-0.3, -0.25) is 0 Å². The van der Waals surface area contributed by atoms with Gasteiger partial charge in [0.15, 0.2) is 0 Å². The Hall–Kier alpha value is -0.970. The molecule has 0 amide bonds. The van der Waals surface area contributed by atoms with E-state index in [1.54, 1.807) is 0 Å². The number of methoxy groups -OCH3 is 1. The van der Waals surface area contributed by atoms with Crippen LogP contribution in [0.3, 0.4) is 0 Å². The lowest BCUT2D eigenvalue weighted by atomic mass is 10.2. The molecule has 1 heterocycles. The molecule has 0 N–H and O–H groups in total. The molecule has 0 aromatic carbocycles. The van der Waals surface area contributed by atoms with E-state index in [2.05, 4.69) is 4.74 Å². The molecule has 0 fully saturated rings. The molecule has 0 saturated carbocycles. The second kappa shape index (κ2) is 3.83. The van der Waals surface area contributed by atoms with Crippen molar-refractivity contribution >= 4 is 17.3 Å². The maximum Gasteiger partial charge on any atom is 0.338 e. The van der Waals surface area contributed by atoms with Gasteiger partial charge in [-0.2, -0.15) is 0 Å². The molecule has 1 aromatic rings. The summed E-state index contributed by atoms with van der Waals surface area (Å²) >= 11 is 0.877. The minimum absolute atomic E-state index is 0.0691. The van der Waals surface area contributed by atoms with Gasteiger partial charge in [0.2, 0.25) is 0 Å². The van der Waals surface area contributed by atoms with Gasteiger partial charge < -0.3 is 4.74 Å². The molecule has 0 aliphatic carbocycles. The molecule has 0 aliphatic rings. The van der Waals surface area contributed by atoms with Crippen LogP contribution in [0, 0.1) is 6.92 Å². The number of ether oxygens (including phenoxy) is 1. The Balaban J connectivity index is 3.06. The van der Waals surface area contributed by atoms with E-state index in [1.807, 2.05) is 0 Å². The smallest absolute Gasteiger partial charge is 0.338 e. The fourth-order valence-corrected chi connectivity index (χ4v) is 1.87. The summed E-state index contributed by atoms with van der Waals surface area (Å²) in [5.41, 5.74) is 0.537. The van der Waals surface area contributed by atoms with Crippen molar-refractivity contribution in [2.24, 2.45) is 0 Å². The average molecular weight is 206 g/mol. The first-order valence-electron chi connectivity index (χ1n) is 3.52. The third kappa shape index (κ3) is 1.85. The third-order valence-electron chi connectivity index (χ3n) is 1.68. The van der Waals surface area contributed by atoms with E-state index in [0.717, 1.165) is 11.3 Å². The molecule has 1 rings (SSSR count). The summed E-state index contributed by atoms with van der Waals surface area (Å²) in [5, 5.41) is 1.39. The number of hydrogen-bond acceptors (Lipinski definition) is 3. The summed E-state index contributed by atoms with van der Waals surface area (Å²) in [6.07, 6.45) is -2.52. The fourth-order valence-electron chi connectivity index (χ4n) is 0.958. The fraction of sp³-hybridized carbons (Fsp3) is 0.375. The summed E-state index contributed by atoms with van der Waals surface area (Å²) in [4.78, 5) is 10.9. The van der Waals surface area contributed by atoms with Crippen molar-refractivity contribution in [2.75, 3.05) is 7.11 Å². The Kier molecular flexibility index (Phi) is 2.98. The van der Waals surface area contributed by atoms with Gasteiger partial charge in [-0.25, -0.2) is 13.6 Å². The molecule has 0 atom stereocenters. The predicted octanol–water partition coefficient (Wildman–Crippen LogP) is 2.78. The minimum Gasteiger partial charge on any atom is -0.465 e. The van der Waals surface area contributed by atoms with Crippen molar-refractivity contribution in [2.45, 2.75) is 13.3 Å². The molecular formula is C8H8F2O2S. The number of hydrogen-bond donors (Lipinski definition) is 0. The van der Waals surface area contributed by atoms with E-state index in [9.17, 15) is 13.6 Å². The second-order valence-corrected chi connectivity index (χ2v) is 3.34. The zero-order valence-electron chi connectivity index (χ0n) is 7.14. The predicted molar refractivity (Wildman–Crippen MR) is 45.4 cm³/mol. The number of carbonyl (C=O) groups is 1. The summed E-state index contributed by atoms with van der Waals surface area (Å²) in [5.74, 6) is -0.569. The van der Waals surface area contributed by atoms with E-state index in [1.165, 1.54) is 19.4 Å². The van der Waals surface area contributed by atoms with Gasteiger partial charge in [0.25, 0.3) is 6.43 Å². The number of rotatable bonds is 2. The van der Waals surface area contributed by atoms with Crippen LogP contribution >= 0.6 is 11.3 Å². The molecule has 0 unspecified atom stereocenters. The highest BCUT2D eigenvalue weighted by Gasteiger charge is 2.19. The molecule has 0 radical (unpaired) electrons. The van der Waals surface area contributed by atoms with Gasteiger partial charge in [0.05, 0.1) is 17.6 Å². The van der Waals surface area contributed by atoms with Gasteiger partial charge >= 0.3 is 5.97 Å². The SMILES string of the molecule is COC(=O)c1csc(C(F)F)c1C. The monoisotopic (exact) mass is 206 g/mol. The number of halogens is 2. The van der Waals surface area contributed by atoms with Crippen LogP contribution < -0.4 is 0 Å². The van der Waals surface area contributed by atoms with Crippen LogP contribution in [0.25, 0.3) is 0 Å². The highest BCUT2D eigenvalue weighted by atomic mass is 32.1. The summed E-state index contributed by atoms with van der Waals surface area (Å²) in [6.45, 7) is 1.49. The first-order chi connectivity index (χ1) is 6.07. The zero-order chi connectivity index (χ0) is 10.0. The molecule has 0 aliphatic heterocycles. The Labute approximate surface area is 78.1 Å². The van der Waals surface area contributed by atoms with Crippen LogP contribution in [0.2, 0.25) is 0 Å². The van der Waals surface area contributed by atoms with E-state index < -0.39 is 12.4 Å². The third-order valence-corrected chi connectivity index (χ3v) is 2.77. The number of esters is 1. The largest absolute Gasteiger partial charge is 0.465 e. The molecule has 2 nitrogen and oxygen atoms in total. The standard InChI is InChI=1S/C8H8F2O2S/c1-4-5(8(11)12-2)3-13-6(4)7(9)10/h3,7H,1-2H3. The van der Waals surface area contributed by atoms with Crippen LogP contribution in [-0.4, -0.2) is 13.1 Å². The highest BCUT2D eigenvalue weighted by molar-refractivity contribution is 7.10. The van der Waals surface area contributed by atoms with E-state index in [0.29, 0.717) is 5.56 Å². The van der Waals surface area contributed by atoms with Gasteiger partial charge in [-0.1, -0.05) is 0 Å². The van der Waals surface area contributed by atoms with E-state index >= 15 is 0 Å². The number of thiophene rings is 1. The number of carbonyl (C=O) groups excluding carboxylic acids is 1. The van der Waals surface area contributed by atoms with Gasteiger partial charge in [-0.15, -0.1) is 11.3 Å². The highest BCUT2D eigenvalue weighted by Crippen LogP contribution is 2.31. The van der Waals surface area contributed by atoms with Gasteiger partial charge in [0.1, 0.15) is 0 Å². The van der Waals surface area contributed by atoms with Crippen molar-refractivity contribution in [3.05, 3.63) is 21.4 Å². The van der Waals surface area contributed by atoms with Crippen LogP contribution in [0.1, 0.15) is 27.2 Å². The van der Waals surface area contributed by atoms with Crippen LogP contribution in [-0.2, 0) is 4.74 Å². The lowest BCUT2D eigenvalue weighted by Crippen LogP contribution is -2.01. The summed E-state index contributed by atoms with van der Waals surface area (Å²) in [6, 6.07) is 0. The van der Waals surface area contributed by atoms with Crippen LogP contribution in [0.15, 0.2) is 5.38 Å². The van der Waals surface area contributed by atoms with Gasteiger partial charge in [-0.05, 0) is 12.5 Å². The molecule has 72 valence electrons. The first-order valence-corrected chi connectivity index (χ1v) is 4.40. The van der Waals surface area contributed by atoms with Crippen molar-refractivity contribution in [1.29, 1.82) is 0 Å². The maximum atomic E-state index is 12.3. The molecule has 0 spiro atoms. The van der Waals surface area contributed by atoms with Crippen LogP contribution in [0.4, 0.5) is 8.78 Å². The minimum atomic E-state index is -2.52. The Morgan fingerprint density at radius 2 is 2.23 bits per heavy atom. The number of alkyl halides is 2. The topological polar surface area (TPSA) is 26.3 Å². The Bertz CT molecular complexity index is 320. The summed E-state index contributed by atoms with van der Waals surface area (Å²) < 4.78 is 29.0. The molecule has 13 heavy (non-hydrogen) atoms. The molecule has 1 aromatic heterocycles. The van der Waals surface area contributed by atoms with Crippen molar-refractivity contribution < 1.29 is 18.3 Å². The molecule has 0 saturated heterocycles. The lowest BCUT2D eigenvalue weighted by Gasteiger charge is -1.99.